The van der Waals surface area contributed by atoms with E-state index in [-0.39, 0.29) is 22.3 Å². The lowest BCUT2D eigenvalue weighted by atomic mass is 10.0. The molecule has 0 aromatic heterocycles. The zero-order chi connectivity index (χ0) is 14.9. The summed E-state index contributed by atoms with van der Waals surface area (Å²) in [5.74, 6) is -0.998. The Morgan fingerprint density at radius 3 is 2.80 bits per heavy atom. The van der Waals surface area contributed by atoms with E-state index >= 15 is 0 Å². The van der Waals surface area contributed by atoms with Crippen LogP contribution in [0.2, 0.25) is 5.02 Å². The Balaban J connectivity index is 2.10. The Labute approximate surface area is 124 Å². The molecule has 0 aliphatic carbocycles. The van der Waals surface area contributed by atoms with Gasteiger partial charge in [-0.1, -0.05) is 17.7 Å². The van der Waals surface area contributed by atoms with Crippen LogP contribution in [0.15, 0.2) is 18.2 Å². The van der Waals surface area contributed by atoms with Crippen molar-refractivity contribution in [2.24, 2.45) is 0 Å². The summed E-state index contributed by atoms with van der Waals surface area (Å²) in [4.78, 5) is 13.2. The fourth-order valence-electron chi connectivity index (χ4n) is 2.79. The number of rotatable bonds is 3. The molecule has 0 amide bonds. The van der Waals surface area contributed by atoms with Crippen LogP contribution in [0.5, 0.6) is 0 Å². The third-order valence-electron chi connectivity index (χ3n) is 3.31. The average molecular weight is 298 g/mol. The molecule has 0 bridgehead atoms. The minimum Gasteiger partial charge on any atom is -0.478 e. The molecule has 2 rings (SSSR count). The van der Waals surface area contributed by atoms with E-state index in [0.717, 1.165) is 25.2 Å². The number of morpholine rings is 1. The predicted molar refractivity (Wildman–Crippen MR) is 78.3 cm³/mol. The summed E-state index contributed by atoms with van der Waals surface area (Å²) in [5.41, 5.74) is 0.999. The molecule has 5 heteroatoms. The normalized spacial score (nSPS) is 22.7. The molecule has 1 aromatic carbocycles. The van der Waals surface area contributed by atoms with Gasteiger partial charge in [0, 0.05) is 19.6 Å². The largest absolute Gasteiger partial charge is 0.478 e. The Kier molecular flexibility index (Phi) is 4.37. The van der Waals surface area contributed by atoms with Crippen LogP contribution >= 0.6 is 11.6 Å². The lowest BCUT2D eigenvalue weighted by Crippen LogP contribution is -2.51. The second-order valence-corrected chi connectivity index (χ2v) is 6.38. The topological polar surface area (TPSA) is 49.8 Å². The van der Waals surface area contributed by atoms with Gasteiger partial charge in [-0.05, 0) is 38.5 Å². The van der Waals surface area contributed by atoms with Crippen molar-refractivity contribution in [2.75, 3.05) is 13.1 Å². The maximum absolute atomic E-state index is 10.9. The average Bonchev–Trinajstić information content (AvgIpc) is 2.25. The first-order chi connectivity index (χ1) is 9.27. The van der Waals surface area contributed by atoms with Crippen molar-refractivity contribution in [3.05, 3.63) is 34.3 Å². The van der Waals surface area contributed by atoms with Gasteiger partial charge in [0.1, 0.15) is 0 Å². The van der Waals surface area contributed by atoms with Crippen molar-refractivity contribution in [3.8, 4) is 0 Å². The van der Waals surface area contributed by atoms with Gasteiger partial charge >= 0.3 is 5.97 Å². The molecule has 1 N–H and O–H groups in total. The highest BCUT2D eigenvalue weighted by molar-refractivity contribution is 6.33. The first-order valence-electron chi connectivity index (χ1n) is 6.69. The molecule has 1 aliphatic heterocycles. The Morgan fingerprint density at radius 2 is 2.25 bits per heavy atom. The molecule has 0 spiro atoms. The number of hydrogen-bond donors (Lipinski definition) is 1. The van der Waals surface area contributed by atoms with Crippen molar-refractivity contribution in [3.63, 3.8) is 0 Å². The molecule has 0 saturated carbocycles. The van der Waals surface area contributed by atoms with E-state index in [9.17, 15) is 4.79 Å². The van der Waals surface area contributed by atoms with Gasteiger partial charge in [0.15, 0.2) is 0 Å². The fraction of sp³-hybridized carbons (Fsp3) is 0.533. The van der Waals surface area contributed by atoms with E-state index in [0.29, 0.717) is 0 Å². The molecule has 1 saturated heterocycles. The van der Waals surface area contributed by atoms with E-state index in [4.69, 9.17) is 21.4 Å². The van der Waals surface area contributed by atoms with Gasteiger partial charge in [-0.2, -0.15) is 0 Å². The number of halogens is 1. The lowest BCUT2D eigenvalue weighted by Gasteiger charge is -2.41. The van der Waals surface area contributed by atoms with Crippen LogP contribution in [0.25, 0.3) is 0 Å². The molecule has 1 aromatic rings. The second-order valence-electron chi connectivity index (χ2n) is 5.98. The Hall–Kier alpha value is -1.10. The first kappa shape index (κ1) is 15.3. The monoisotopic (exact) mass is 297 g/mol. The molecular formula is C15H20ClNO3. The van der Waals surface area contributed by atoms with Crippen molar-refractivity contribution in [1.82, 2.24) is 4.90 Å². The number of carboxylic acid groups (broad SMARTS) is 1. The molecule has 110 valence electrons. The molecule has 1 fully saturated rings. The quantitative estimate of drug-likeness (QED) is 0.931. The number of aromatic carboxylic acids is 1. The minimum atomic E-state index is -0.998. The Bertz CT molecular complexity index is 516. The summed E-state index contributed by atoms with van der Waals surface area (Å²) in [6, 6.07) is 5.12. The molecule has 1 unspecified atom stereocenters. The highest BCUT2D eigenvalue weighted by atomic mass is 35.5. The molecule has 20 heavy (non-hydrogen) atoms. The number of ether oxygens (including phenoxy) is 1. The van der Waals surface area contributed by atoms with Gasteiger partial charge < -0.3 is 9.84 Å². The van der Waals surface area contributed by atoms with Gasteiger partial charge in [0.05, 0.1) is 22.3 Å². The van der Waals surface area contributed by atoms with Gasteiger partial charge in [-0.25, -0.2) is 4.79 Å². The van der Waals surface area contributed by atoms with Gasteiger partial charge in [0.25, 0.3) is 0 Å². The summed E-state index contributed by atoms with van der Waals surface area (Å²) < 4.78 is 5.87. The van der Waals surface area contributed by atoms with Crippen molar-refractivity contribution >= 4 is 17.6 Å². The zero-order valence-corrected chi connectivity index (χ0v) is 12.8. The molecule has 0 radical (unpaired) electrons. The number of benzene rings is 1. The second kappa shape index (κ2) is 5.72. The maximum atomic E-state index is 10.9. The van der Waals surface area contributed by atoms with E-state index in [1.165, 1.54) is 0 Å². The highest BCUT2D eigenvalue weighted by Crippen LogP contribution is 2.24. The molecule has 1 atom stereocenters. The summed E-state index contributed by atoms with van der Waals surface area (Å²) in [5, 5.41) is 9.26. The van der Waals surface area contributed by atoms with Crippen molar-refractivity contribution in [2.45, 2.75) is 39.0 Å². The third kappa shape index (κ3) is 3.72. The number of carboxylic acids is 1. The Morgan fingerprint density at radius 1 is 1.55 bits per heavy atom. The predicted octanol–water partition coefficient (Wildman–Crippen LogP) is 3.04. The summed E-state index contributed by atoms with van der Waals surface area (Å²) in [6.45, 7) is 8.68. The van der Waals surface area contributed by atoms with Crippen LogP contribution in [0.4, 0.5) is 0 Å². The minimum absolute atomic E-state index is 0.145. The third-order valence-corrected chi connectivity index (χ3v) is 3.62. The highest BCUT2D eigenvalue weighted by Gasteiger charge is 2.31. The van der Waals surface area contributed by atoms with Gasteiger partial charge in [-0.15, -0.1) is 0 Å². The maximum Gasteiger partial charge on any atom is 0.337 e. The molecule has 1 aliphatic rings. The van der Waals surface area contributed by atoms with Crippen LogP contribution in [0.3, 0.4) is 0 Å². The van der Waals surface area contributed by atoms with E-state index in [1.807, 2.05) is 6.07 Å². The smallest absolute Gasteiger partial charge is 0.337 e. The SMILES string of the molecule is CC1CN(Cc2ccc(C(=O)O)c(Cl)c2)CC(C)(C)O1. The summed E-state index contributed by atoms with van der Waals surface area (Å²) in [6.07, 6.45) is 0.188. The number of hydrogen-bond acceptors (Lipinski definition) is 3. The van der Waals surface area contributed by atoms with E-state index in [2.05, 4.69) is 25.7 Å². The van der Waals surface area contributed by atoms with Crippen LogP contribution in [0.1, 0.15) is 36.7 Å². The van der Waals surface area contributed by atoms with E-state index in [1.54, 1.807) is 12.1 Å². The first-order valence-corrected chi connectivity index (χ1v) is 7.06. The molecular weight excluding hydrogens is 278 g/mol. The van der Waals surface area contributed by atoms with Gasteiger partial charge in [-0.3, -0.25) is 4.90 Å². The fourth-order valence-corrected chi connectivity index (χ4v) is 3.08. The standard InChI is InChI=1S/C15H20ClNO3/c1-10-7-17(9-15(2,3)20-10)8-11-4-5-12(14(18)19)13(16)6-11/h4-6,10H,7-9H2,1-3H3,(H,18,19). The zero-order valence-electron chi connectivity index (χ0n) is 12.0. The van der Waals surface area contributed by atoms with Gasteiger partial charge in [0.2, 0.25) is 0 Å². The van der Waals surface area contributed by atoms with Crippen molar-refractivity contribution < 1.29 is 14.6 Å². The van der Waals surface area contributed by atoms with E-state index < -0.39 is 5.97 Å². The number of carbonyl (C=O) groups is 1. The molecule has 4 nitrogen and oxygen atoms in total. The van der Waals surface area contributed by atoms with Crippen LogP contribution in [-0.2, 0) is 11.3 Å². The summed E-state index contributed by atoms with van der Waals surface area (Å²) in [7, 11) is 0. The summed E-state index contributed by atoms with van der Waals surface area (Å²) >= 11 is 6.00. The van der Waals surface area contributed by atoms with Crippen molar-refractivity contribution in [1.29, 1.82) is 0 Å². The molecule has 1 heterocycles. The van der Waals surface area contributed by atoms with Crippen LogP contribution < -0.4 is 0 Å². The van der Waals surface area contributed by atoms with Crippen LogP contribution in [0, 0.1) is 0 Å². The lowest BCUT2D eigenvalue weighted by molar-refractivity contribution is -0.130. The van der Waals surface area contributed by atoms with Crippen LogP contribution in [-0.4, -0.2) is 40.8 Å². The number of nitrogens with zero attached hydrogens (tertiary/aromatic N) is 1.